The van der Waals surface area contributed by atoms with Crippen LogP contribution in [0.25, 0.3) is 0 Å². The minimum Gasteiger partial charge on any atom is -0.379 e. The normalized spacial score (nSPS) is 23.8. The SMILES string of the molecule is CC(C)CC(NC(=O)C1COCC1N)c1ccccc1. The summed E-state index contributed by atoms with van der Waals surface area (Å²) in [6.45, 7) is 5.22. The second-order valence-corrected chi connectivity index (χ2v) is 5.91. The summed E-state index contributed by atoms with van der Waals surface area (Å²) in [5.41, 5.74) is 7.05. The Morgan fingerprint density at radius 2 is 2.05 bits per heavy atom. The van der Waals surface area contributed by atoms with Crippen molar-refractivity contribution in [3.05, 3.63) is 35.9 Å². The van der Waals surface area contributed by atoms with Gasteiger partial charge in [-0.2, -0.15) is 0 Å². The molecule has 0 aliphatic carbocycles. The Labute approximate surface area is 120 Å². The van der Waals surface area contributed by atoms with Gasteiger partial charge in [0, 0.05) is 6.04 Å². The summed E-state index contributed by atoms with van der Waals surface area (Å²) in [5.74, 6) is 0.284. The lowest BCUT2D eigenvalue weighted by atomic mass is 9.95. The van der Waals surface area contributed by atoms with Crippen LogP contribution in [0.15, 0.2) is 30.3 Å². The average molecular weight is 276 g/mol. The van der Waals surface area contributed by atoms with Crippen molar-refractivity contribution in [2.75, 3.05) is 13.2 Å². The summed E-state index contributed by atoms with van der Waals surface area (Å²) >= 11 is 0. The number of carbonyl (C=O) groups excluding carboxylic acids is 1. The maximum absolute atomic E-state index is 12.3. The number of ether oxygens (including phenoxy) is 1. The lowest BCUT2D eigenvalue weighted by Crippen LogP contribution is -2.42. The van der Waals surface area contributed by atoms with E-state index in [9.17, 15) is 4.79 Å². The largest absolute Gasteiger partial charge is 0.379 e. The van der Waals surface area contributed by atoms with E-state index in [-0.39, 0.29) is 23.9 Å². The second-order valence-electron chi connectivity index (χ2n) is 5.91. The fraction of sp³-hybridized carbons (Fsp3) is 0.562. The third-order valence-corrected chi connectivity index (χ3v) is 3.69. The van der Waals surface area contributed by atoms with Crippen molar-refractivity contribution in [2.24, 2.45) is 17.6 Å². The monoisotopic (exact) mass is 276 g/mol. The number of benzene rings is 1. The maximum atomic E-state index is 12.3. The molecule has 1 amide bonds. The van der Waals surface area contributed by atoms with E-state index >= 15 is 0 Å². The Morgan fingerprint density at radius 3 is 2.60 bits per heavy atom. The minimum absolute atomic E-state index is 0.00417. The van der Waals surface area contributed by atoms with Crippen molar-refractivity contribution in [1.29, 1.82) is 0 Å². The molecule has 1 aromatic carbocycles. The van der Waals surface area contributed by atoms with Gasteiger partial charge in [-0.3, -0.25) is 4.79 Å². The second kappa shape index (κ2) is 6.86. The van der Waals surface area contributed by atoms with Gasteiger partial charge in [0.2, 0.25) is 5.91 Å². The van der Waals surface area contributed by atoms with Gasteiger partial charge in [0.25, 0.3) is 0 Å². The molecule has 3 N–H and O–H groups in total. The number of amides is 1. The molecule has 0 radical (unpaired) electrons. The maximum Gasteiger partial charge on any atom is 0.227 e. The first-order valence-electron chi connectivity index (χ1n) is 7.26. The Hall–Kier alpha value is -1.39. The van der Waals surface area contributed by atoms with E-state index in [1.807, 2.05) is 18.2 Å². The lowest BCUT2D eigenvalue weighted by Gasteiger charge is -2.23. The molecule has 1 saturated heterocycles. The van der Waals surface area contributed by atoms with Crippen LogP contribution in [0.1, 0.15) is 31.9 Å². The Morgan fingerprint density at radius 1 is 1.35 bits per heavy atom. The molecule has 110 valence electrons. The van der Waals surface area contributed by atoms with Crippen LogP contribution >= 0.6 is 0 Å². The molecule has 1 aromatic rings. The molecular formula is C16H24N2O2. The van der Waals surface area contributed by atoms with Crippen LogP contribution in [0.3, 0.4) is 0 Å². The van der Waals surface area contributed by atoms with E-state index in [1.165, 1.54) is 0 Å². The zero-order chi connectivity index (χ0) is 14.5. The van der Waals surface area contributed by atoms with Crippen molar-refractivity contribution in [3.8, 4) is 0 Å². The van der Waals surface area contributed by atoms with E-state index in [1.54, 1.807) is 0 Å². The smallest absolute Gasteiger partial charge is 0.227 e. The van der Waals surface area contributed by atoms with Gasteiger partial charge >= 0.3 is 0 Å². The number of nitrogens with one attached hydrogen (secondary N) is 1. The summed E-state index contributed by atoms with van der Waals surface area (Å²) in [4.78, 5) is 12.3. The number of rotatable bonds is 5. The zero-order valence-electron chi connectivity index (χ0n) is 12.2. The number of hydrogen-bond acceptors (Lipinski definition) is 3. The lowest BCUT2D eigenvalue weighted by molar-refractivity contribution is -0.126. The van der Waals surface area contributed by atoms with Gasteiger partial charge in [-0.05, 0) is 17.9 Å². The van der Waals surface area contributed by atoms with Crippen molar-refractivity contribution in [1.82, 2.24) is 5.32 Å². The molecule has 0 spiro atoms. The fourth-order valence-corrected chi connectivity index (χ4v) is 2.55. The van der Waals surface area contributed by atoms with Gasteiger partial charge in [-0.25, -0.2) is 0 Å². The minimum atomic E-state index is -0.228. The van der Waals surface area contributed by atoms with Gasteiger partial charge < -0.3 is 15.8 Å². The highest BCUT2D eigenvalue weighted by atomic mass is 16.5. The highest BCUT2D eigenvalue weighted by Crippen LogP contribution is 2.22. The topological polar surface area (TPSA) is 64.3 Å². The standard InChI is InChI=1S/C16H24N2O2/c1-11(2)8-15(12-6-4-3-5-7-12)18-16(19)13-9-20-10-14(13)17/h3-7,11,13-15H,8-10,17H2,1-2H3,(H,18,19). The molecule has 1 heterocycles. The third kappa shape index (κ3) is 3.81. The predicted octanol–water partition coefficient (Wildman–Crippen LogP) is 1.86. The van der Waals surface area contributed by atoms with Gasteiger partial charge in [0.05, 0.1) is 25.2 Å². The molecule has 1 aliphatic heterocycles. The molecule has 2 rings (SSSR count). The molecular weight excluding hydrogens is 252 g/mol. The molecule has 4 heteroatoms. The van der Waals surface area contributed by atoms with Crippen molar-refractivity contribution in [3.63, 3.8) is 0 Å². The van der Waals surface area contributed by atoms with Crippen LogP contribution < -0.4 is 11.1 Å². The Bertz CT molecular complexity index is 433. The summed E-state index contributed by atoms with van der Waals surface area (Å²) in [7, 11) is 0. The first-order valence-corrected chi connectivity index (χ1v) is 7.26. The number of nitrogens with two attached hydrogens (primary N) is 1. The molecule has 4 nitrogen and oxygen atoms in total. The first-order chi connectivity index (χ1) is 9.58. The highest BCUT2D eigenvalue weighted by Gasteiger charge is 2.32. The highest BCUT2D eigenvalue weighted by molar-refractivity contribution is 5.80. The van der Waals surface area contributed by atoms with Crippen LogP contribution in [0.5, 0.6) is 0 Å². The van der Waals surface area contributed by atoms with Crippen LogP contribution in [-0.2, 0) is 9.53 Å². The summed E-state index contributed by atoms with van der Waals surface area (Å²) in [6, 6.07) is 9.94. The van der Waals surface area contributed by atoms with Crippen molar-refractivity contribution >= 4 is 5.91 Å². The number of hydrogen-bond donors (Lipinski definition) is 2. The molecule has 3 atom stereocenters. The van der Waals surface area contributed by atoms with Crippen molar-refractivity contribution in [2.45, 2.75) is 32.4 Å². The summed E-state index contributed by atoms with van der Waals surface area (Å²) in [6.07, 6.45) is 0.915. The van der Waals surface area contributed by atoms with Crippen LogP contribution in [0.2, 0.25) is 0 Å². The molecule has 20 heavy (non-hydrogen) atoms. The summed E-state index contributed by atoms with van der Waals surface area (Å²) < 4.78 is 5.27. The quantitative estimate of drug-likeness (QED) is 0.863. The molecule has 1 fully saturated rings. The average Bonchev–Trinajstić information content (AvgIpc) is 2.85. The van der Waals surface area contributed by atoms with E-state index < -0.39 is 0 Å². The van der Waals surface area contributed by atoms with Gasteiger partial charge in [0.1, 0.15) is 0 Å². The first kappa shape index (κ1) is 15.0. The zero-order valence-corrected chi connectivity index (χ0v) is 12.2. The van der Waals surface area contributed by atoms with Crippen LogP contribution in [0.4, 0.5) is 0 Å². The fourth-order valence-electron chi connectivity index (χ4n) is 2.55. The van der Waals surface area contributed by atoms with Gasteiger partial charge in [-0.1, -0.05) is 44.2 Å². The third-order valence-electron chi connectivity index (χ3n) is 3.69. The molecule has 0 aromatic heterocycles. The van der Waals surface area contributed by atoms with Gasteiger partial charge in [-0.15, -0.1) is 0 Å². The molecule has 3 unspecified atom stereocenters. The Balaban J connectivity index is 2.06. The van der Waals surface area contributed by atoms with Crippen LogP contribution in [0, 0.1) is 11.8 Å². The van der Waals surface area contributed by atoms with Crippen LogP contribution in [-0.4, -0.2) is 25.2 Å². The predicted molar refractivity (Wildman–Crippen MR) is 79.1 cm³/mol. The molecule has 0 bridgehead atoms. The summed E-state index contributed by atoms with van der Waals surface area (Å²) in [5, 5.41) is 3.14. The Kier molecular flexibility index (Phi) is 5.15. The van der Waals surface area contributed by atoms with Crippen molar-refractivity contribution < 1.29 is 9.53 Å². The van der Waals surface area contributed by atoms with E-state index in [0.29, 0.717) is 19.1 Å². The van der Waals surface area contributed by atoms with E-state index in [4.69, 9.17) is 10.5 Å². The molecule has 0 saturated carbocycles. The van der Waals surface area contributed by atoms with E-state index in [0.717, 1.165) is 12.0 Å². The molecule has 1 aliphatic rings. The van der Waals surface area contributed by atoms with E-state index in [2.05, 4.69) is 31.3 Å². The number of carbonyl (C=O) groups is 1. The van der Waals surface area contributed by atoms with Gasteiger partial charge in [0.15, 0.2) is 0 Å².